The molecule has 0 saturated carbocycles. The van der Waals surface area contributed by atoms with E-state index in [1.54, 1.807) is 7.11 Å². The molecule has 1 aliphatic heterocycles. The first-order chi connectivity index (χ1) is 13.6. The molecular weight excluding hydrogens is 350 g/mol. The van der Waals surface area contributed by atoms with Crippen molar-refractivity contribution in [2.24, 2.45) is 5.92 Å². The number of aryl methyl sites for hydroxylation is 1. The van der Waals surface area contributed by atoms with Crippen LogP contribution in [0.2, 0.25) is 0 Å². The molecule has 1 aliphatic rings. The number of amides is 1. The van der Waals surface area contributed by atoms with Crippen molar-refractivity contribution in [2.75, 3.05) is 18.6 Å². The Morgan fingerprint density at radius 3 is 2.79 bits per heavy atom. The molecule has 1 aromatic heterocycles. The van der Waals surface area contributed by atoms with Gasteiger partial charge in [-0.25, -0.2) is 4.98 Å². The highest BCUT2D eigenvalue weighted by molar-refractivity contribution is 5.96. The van der Waals surface area contributed by atoms with Crippen LogP contribution >= 0.6 is 0 Å². The van der Waals surface area contributed by atoms with Crippen LogP contribution in [0.25, 0.3) is 11.0 Å². The van der Waals surface area contributed by atoms with Gasteiger partial charge >= 0.3 is 0 Å². The predicted octanol–water partition coefficient (Wildman–Crippen LogP) is 4.61. The van der Waals surface area contributed by atoms with Crippen LogP contribution in [0.15, 0.2) is 48.5 Å². The highest BCUT2D eigenvalue weighted by Crippen LogP contribution is 2.34. The molecule has 1 unspecified atom stereocenters. The zero-order valence-corrected chi connectivity index (χ0v) is 16.8. The number of methoxy groups -OCH3 is 1. The standard InChI is InChI=1S/C23H27N3O2/c1-16(2)11-12-25-21-10-5-4-9-20(21)24-23(25)17-13-22(27)26(15-17)18-7-6-8-19(14-18)28-3/h4-10,14,16-17H,11-13,15H2,1-3H3. The number of rotatable bonds is 6. The zero-order valence-electron chi connectivity index (χ0n) is 16.8. The van der Waals surface area contributed by atoms with Crippen LogP contribution in [0, 0.1) is 5.92 Å². The Kier molecular flexibility index (Phi) is 5.07. The first-order valence-electron chi connectivity index (χ1n) is 9.96. The Hall–Kier alpha value is -2.82. The smallest absolute Gasteiger partial charge is 0.227 e. The zero-order chi connectivity index (χ0) is 19.7. The number of anilines is 1. The maximum atomic E-state index is 12.8. The van der Waals surface area contributed by atoms with Crippen LogP contribution in [-0.4, -0.2) is 29.1 Å². The van der Waals surface area contributed by atoms with Gasteiger partial charge in [-0.15, -0.1) is 0 Å². The average molecular weight is 377 g/mol. The molecule has 0 aliphatic carbocycles. The Bertz CT molecular complexity index is 992. The first kappa shape index (κ1) is 18.5. The number of hydrogen-bond acceptors (Lipinski definition) is 3. The van der Waals surface area contributed by atoms with Gasteiger partial charge in [-0.05, 0) is 36.6 Å². The number of hydrogen-bond donors (Lipinski definition) is 0. The second-order valence-corrected chi connectivity index (χ2v) is 7.90. The third kappa shape index (κ3) is 3.49. The third-order valence-corrected chi connectivity index (χ3v) is 5.47. The summed E-state index contributed by atoms with van der Waals surface area (Å²) in [5, 5.41) is 0. The van der Waals surface area contributed by atoms with Crippen molar-refractivity contribution in [1.29, 1.82) is 0 Å². The largest absolute Gasteiger partial charge is 0.497 e. The van der Waals surface area contributed by atoms with E-state index in [0.717, 1.165) is 41.3 Å². The monoisotopic (exact) mass is 377 g/mol. The molecule has 3 aromatic rings. The molecule has 2 aromatic carbocycles. The molecule has 5 nitrogen and oxygen atoms in total. The minimum absolute atomic E-state index is 0.0956. The summed E-state index contributed by atoms with van der Waals surface area (Å²) in [6, 6.07) is 16.0. The molecule has 1 saturated heterocycles. The lowest BCUT2D eigenvalue weighted by Crippen LogP contribution is -2.24. The SMILES string of the molecule is COc1cccc(N2CC(c3nc4ccccc4n3CCC(C)C)CC2=O)c1. The average Bonchev–Trinajstić information content (AvgIpc) is 3.26. The molecule has 5 heteroatoms. The maximum absolute atomic E-state index is 12.8. The molecule has 1 fully saturated rings. The van der Waals surface area contributed by atoms with E-state index in [-0.39, 0.29) is 11.8 Å². The van der Waals surface area contributed by atoms with Gasteiger partial charge in [0.05, 0.1) is 18.1 Å². The molecule has 146 valence electrons. The fourth-order valence-electron chi connectivity index (χ4n) is 3.94. The second kappa shape index (κ2) is 7.66. The molecule has 0 bridgehead atoms. The number of benzene rings is 2. The van der Waals surface area contributed by atoms with Crippen LogP contribution in [0.3, 0.4) is 0 Å². The number of imidazole rings is 1. The molecular formula is C23H27N3O2. The van der Waals surface area contributed by atoms with Gasteiger partial charge in [-0.1, -0.05) is 32.0 Å². The van der Waals surface area contributed by atoms with E-state index < -0.39 is 0 Å². The maximum Gasteiger partial charge on any atom is 0.227 e. The number of aromatic nitrogens is 2. The summed E-state index contributed by atoms with van der Waals surface area (Å²) in [5.41, 5.74) is 3.05. The van der Waals surface area contributed by atoms with E-state index in [2.05, 4.69) is 36.6 Å². The Labute approximate surface area is 165 Å². The topological polar surface area (TPSA) is 47.4 Å². The molecule has 0 radical (unpaired) electrons. The summed E-state index contributed by atoms with van der Waals surface area (Å²) in [5.74, 6) is 2.64. The van der Waals surface area contributed by atoms with E-state index in [1.165, 1.54) is 0 Å². The predicted molar refractivity (Wildman–Crippen MR) is 112 cm³/mol. The summed E-state index contributed by atoms with van der Waals surface area (Å²) >= 11 is 0. The van der Waals surface area contributed by atoms with Crippen LogP contribution in [0.1, 0.15) is 38.4 Å². The summed E-state index contributed by atoms with van der Waals surface area (Å²) < 4.78 is 7.64. The van der Waals surface area contributed by atoms with Gasteiger partial charge < -0.3 is 14.2 Å². The highest BCUT2D eigenvalue weighted by Gasteiger charge is 2.35. The molecule has 0 N–H and O–H groups in total. The van der Waals surface area contributed by atoms with Gasteiger partial charge in [0.15, 0.2) is 0 Å². The van der Waals surface area contributed by atoms with Crippen LogP contribution in [0.5, 0.6) is 5.75 Å². The van der Waals surface area contributed by atoms with Gasteiger partial charge in [0.25, 0.3) is 0 Å². The molecule has 1 amide bonds. The van der Waals surface area contributed by atoms with E-state index in [9.17, 15) is 4.79 Å². The summed E-state index contributed by atoms with van der Waals surface area (Å²) in [6.07, 6.45) is 1.58. The Morgan fingerprint density at radius 2 is 2.00 bits per heavy atom. The molecule has 0 spiro atoms. The molecule has 2 heterocycles. The lowest BCUT2D eigenvalue weighted by atomic mass is 10.1. The first-order valence-corrected chi connectivity index (χ1v) is 9.96. The third-order valence-electron chi connectivity index (χ3n) is 5.47. The lowest BCUT2D eigenvalue weighted by Gasteiger charge is -2.18. The number of para-hydroxylation sites is 2. The Balaban J connectivity index is 1.66. The summed E-state index contributed by atoms with van der Waals surface area (Å²) in [4.78, 5) is 19.6. The molecule has 28 heavy (non-hydrogen) atoms. The van der Waals surface area contributed by atoms with E-state index >= 15 is 0 Å². The molecule has 1 atom stereocenters. The van der Waals surface area contributed by atoms with Gasteiger partial charge in [0.1, 0.15) is 11.6 Å². The summed E-state index contributed by atoms with van der Waals surface area (Å²) in [7, 11) is 1.64. The van der Waals surface area contributed by atoms with Crippen LogP contribution in [0.4, 0.5) is 5.69 Å². The van der Waals surface area contributed by atoms with Crippen molar-refractivity contribution in [1.82, 2.24) is 9.55 Å². The van der Waals surface area contributed by atoms with Gasteiger partial charge in [0.2, 0.25) is 5.91 Å². The van der Waals surface area contributed by atoms with Gasteiger partial charge in [-0.2, -0.15) is 0 Å². The normalized spacial score (nSPS) is 17.1. The fraction of sp³-hybridized carbons (Fsp3) is 0.391. The number of ether oxygens (including phenoxy) is 1. The quantitative estimate of drug-likeness (QED) is 0.630. The molecule has 4 rings (SSSR count). The van der Waals surface area contributed by atoms with Gasteiger partial charge in [-0.3, -0.25) is 4.79 Å². The fourth-order valence-corrected chi connectivity index (χ4v) is 3.94. The van der Waals surface area contributed by atoms with Gasteiger partial charge in [0, 0.05) is 37.2 Å². The number of carbonyl (C=O) groups excluding carboxylic acids is 1. The van der Waals surface area contributed by atoms with Crippen molar-refractivity contribution in [3.05, 3.63) is 54.4 Å². The Morgan fingerprint density at radius 1 is 1.18 bits per heavy atom. The van der Waals surface area contributed by atoms with Crippen molar-refractivity contribution < 1.29 is 9.53 Å². The van der Waals surface area contributed by atoms with E-state index in [0.29, 0.717) is 18.9 Å². The highest BCUT2D eigenvalue weighted by atomic mass is 16.5. The van der Waals surface area contributed by atoms with E-state index in [1.807, 2.05) is 35.2 Å². The van der Waals surface area contributed by atoms with Crippen LogP contribution in [-0.2, 0) is 11.3 Å². The van der Waals surface area contributed by atoms with Crippen LogP contribution < -0.4 is 9.64 Å². The number of fused-ring (bicyclic) bond motifs is 1. The minimum Gasteiger partial charge on any atom is -0.497 e. The summed E-state index contributed by atoms with van der Waals surface area (Å²) in [6.45, 7) is 6.05. The second-order valence-electron chi connectivity index (χ2n) is 7.90. The van der Waals surface area contributed by atoms with Crippen molar-refractivity contribution in [3.63, 3.8) is 0 Å². The minimum atomic E-state index is 0.0956. The lowest BCUT2D eigenvalue weighted by molar-refractivity contribution is -0.117. The van der Waals surface area contributed by atoms with Crippen molar-refractivity contribution in [3.8, 4) is 5.75 Å². The number of carbonyl (C=O) groups is 1. The van der Waals surface area contributed by atoms with Crippen molar-refractivity contribution in [2.45, 2.75) is 39.2 Å². The number of nitrogens with zero attached hydrogens (tertiary/aromatic N) is 3. The van der Waals surface area contributed by atoms with E-state index in [4.69, 9.17) is 9.72 Å². The van der Waals surface area contributed by atoms with Crippen molar-refractivity contribution >= 4 is 22.6 Å².